The van der Waals surface area contributed by atoms with Gasteiger partial charge in [-0.3, -0.25) is 4.98 Å². The summed E-state index contributed by atoms with van der Waals surface area (Å²) in [4.78, 5) is 4.54. The molecule has 164 valence electrons. The van der Waals surface area contributed by atoms with E-state index < -0.39 is 0 Å². The Bertz CT molecular complexity index is 866. The smallest absolute Gasteiger partial charge is 0.137 e. The van der Waals surface area contributed by atoms with Gasteiger partial charge < -0.3 is 4.74 Å². The number of benzene rings is 2. The molecule has 2 aromatic carbocycles. The van der Waals surface area contributed by atoms with Crippen LogP contribution in [0.15, 0.2) is 66.9 Å². The quantitative estimate of drug-likeness (QED) is 0.265. The van der Waals surface area contributed by atoms with Gasteiger partial charge in [-0.15, -0.1) is 0 Å². The molecule has 0 atom stereocenters. The Balaban J connectivity index is 1.45. The third-order valence-electron chi connectivity index (χ3n) is 5.75. The molecule has 0 unspecified atom stereocenters. The largest absolute Gasteiger partial charge is 0.492 e. The maximum Gasteiger partial charge on any atom is 0.137 e. The number of unbranched alkanes of at least 4 members (excludes halogenated alkanes) is 4. The van der Waals surface area contributed by atoms with Gasteiger partial charge in [0, 0.05) is 5.56 Å². The summed E-state index contributed by atoms with van der Waals surface area (Å²) in [6.45, 7) is 5.11. The second-order valence-electron chi connectivity index (χ2n) is 8.41. The highest BCUT2D eigenvalue weighted by molar-refractivity contribution is 5.59. The fraction of sp³-hybridized carbons (Fsp3) is 0.414. The molecule has 3 aromatic rings. The summed E-state index contributed by atoms with van der Waals surface area (Å²) in [5.41, 5.74) is 6.40. The van der Waals surface area contributed by atoms with Crippen molar-refractivity contribution in [3.63, 3.8) is 0 Å². The second-order valence-corrected chi connectivity index (χ2v) is 8.41. The highest BCUT2D eigenvalue weighted by atomic mass is 16.5. The molecule has 0 saturated heterocycles. The number of aryl methyl sites for hydroxylation is 3. The average Bonchev–Trinajstić information content (AvgIpc) is 2.83. The Morgan fingerprint density at radius 2 is 1.23 bits per heavy atom. The van der Waals surface area contributed by atoms with Crippen LogP contribution in [0.2, 0.25) is 0 Å². The molecule has 0 saturated carbocycles. The third-order valence-corrected chi connectivity index (χ3v) is 5.75. The van der Waals surface area contributed by atoms with Crippen molar-refractivity contribution in [3.05, 3.63) is 83.6 Å². The number of hydrogen-bond acceptors (Lipinski definition) is 2. The maximum atomic E-state index is 5.62. The van der Waals surface area contributed by atoms with Crippen molar-refractivity contribution in [1.82, 2.24) is 4.98 Å². The van der Waals surface area contributed by atoms with Crippen LogP contribution in [0, 0.1) is 0 Å². The summed E-state index contributed by atoms with van der Waals surface area (Å²) in [5.74, 6) is 0.838. The van der Waals surface area contributed by atoms with Gasteiger partial charge >= 0.3 is 0 Å². The van der Waals surface area contributed by atoms with E-state index in [0.29, 0.717) is 0 Å². The summed E-state index contributed by atoms with van der Waals surface area (Å²) < 4.78 is 5.62. The van der Waals surface area contributed by atoms with Crippen molar-refractivity contribution in [2.45, 2.75) is 71.6 Å². The van der Waals surface area contributed by atoms with Gasteiger partial charge in [0.2, 0.25) is 0 Å². The van der Waals surface area contributed by atoms with Gasteiger partial charge in [0.15, 0.2) is 0 Å². The lowest BCUT2D eigenvalue weighted by atomic mass is 10.00. The van der Waals surface area contributed by atoms with E-state index in [-0.39, 0.29) is 0 Å². The van der Waals surface area contributed by atoms with Crippen LogP contribution in [0.25, 0.3) is 11.3 Å². The van der Waals surface area contributed by atoms with E-state index in [1.807, 2.05) is 18.3 Å². The van der Waals surface area contributed by atoms with E-state index in [4.69, 9.17) is 4.74 Å². The lowest BCUT2D eigenvalue weighted by Gasteiger charge is -2.07. The van der Waals surface area contributed by atoms with Gasteiger partial charge in [-0.2, -0.15) is 0 Å². The number of aromatic nitrogens is 1. The number of ether oxygens (including phenoxy) is 1. The molecule has 0 amide bonds. The average molecular weight is 416 g/mol. The monoisotopic (exact) mass is 415 g/mol. The number of rotatable bonds is 13. The molecule has 1 aromatic heterocycles. The van der Waals surface area contributed by atoms with Crippen molar-refractivity contribution in [2.24, 2.45) is 0 Å². The minimum Gasteiger partial charge on any atom is -0.492 e. The Hall–Kier alpha value is -2.61. The van der Waals surface area contributed by atoms with E-state index in [1.165, 1.54) is 55.2 Å². The molecule has 0 aliphatic rings. The van der Waals surface area contributed by atoms with Crippen LogP contribution >= 0.6 is 0 Å². The molecule has 2 heteroatoms. The second kappa shape index (κ2) is 12.9. The normalized spacial score (nSPS) is 10.9. The Labute approximate surface area is 188 Å². The van der Waals surface area contributed by atoms with E-state index in [2.05, 4.69) is 67.4 Å². The minimum atomic E-state index is 0.734. The van der Waals surface area contributed by atoms with Crippen LogP contribution in [0.4, 0.5) is 0 Å². The van der Waals surface area contributed by atoms with Crippen molar-refractivity contribution in [3.8, 4) is 17.0 Å². The number of pyridine rings is 1. The van der Waals surface area contributed by atoms with E-state index in [0.717, 1.165) is 42.9 Å². The molecule has 1 heterocycles. The van der Waals surface area contributed by atoms with Gasteiger partial charge in [-0.05, 0) is 60.9 Å². The van der Waals surface area contributed by atoms with Crippen LogP contribution < -0.4 is 4.74 Å². The maximum absolute atomic E-state index is 5.62. The Kier molecular flexibility index (Phi) is 9.63. The summed E-state index contributed by atoms with van der Waals surface area (Å²) >= 11 is 0. The highest BCUT2D eigenvalue weighted by Gasteiger charge is 2.02. The topological polar surface area (TPSA) is 22.1 Å². The predicted octanol–water partition coefficient (Wildman–Crippen LogP) is 7.84. The molecule has 2 nitrogen and oxygen atoms in total. The first kappa shape index (κ1) is 23.1. The van der Waals surface area contributed by atoms with Crippen LogP contribution in [0.1, 0.15) is 69.1 Å². The van der Waals surface area contributed by atoms with Gasteiger partial charge in [-0.25, -0.2) is 0 Å². The first-order valence-electron chi connectivity index (χ1n) is 12.0. The lowest BCUT2D eigenvalue weighted by molar-refractivity contribution is 0.316. The zero-order valence-corrected chi connectivity index (χ0v) is 19.3. The van der Waals surface area contributed by atoms with Crippen molar-refractivity contribution < 1.29 is 4.74 Å². The third kappa shape index (κ3) is 7.86. The van der Waals surface area contributed by atoms with Crippen molar-refractivity contribution in [2.75, 3.05) is 6.61 Å². The van der Waals surface area contributed by atoms with Crippen molar-refractivity contribution in [1.29, 1.82) is 0 Å². The molecule has 31 heavy (non-hydrogen) atoms. The fourth-order valence-corrected chi connectivity index (χ4v) is 3.79. The summed E-state index contributed by atoms with van der Waals surface area (Å²) in [5, 5.41) is 0. The standard InChI is InChI=1S/C29H37NO/c1-3-5-6-7-8-9-24-10-12-25(13-11-24)14-15-26-16-18-27(19-17-26)29-21-20-28(23-30-29)31-22-4-2/h10-13,16-21,23H,3-9,14-15,22H2,1-2H3. The summed E-state index contributed by atoms with van der Waals surface area (Å²) in [6.07, 6.45) is 12.9. The van der Waals surface area contributed by atoms with Gasteiger partial charge in [0.05, 0.1) is 18.5 Å². The predicted molar refractivity (Wildman–Crippen MR) is 132 cm³/mol. The molecular formula is C29H37NO. The van der Waals surface area contributed by atoms with Crippen LogP contribution in [0.3, 0.4) is 0 Å². The highest BCUT2D eigenvalue weighted by Crippen LogP contribution is 2.21. The molecule has 0 aliphatic heterocycles. The molecule has 0 N–H and O–H groups in total. The van der Waals surface area contributed by atoms with Crippen LogP contribution in [-0.4, -0.2) is 11.6 Å². The SMILES string of the molecule is CCCCCCCc1ccc(CCc2ccc(-c3ccc(OCCC)cn3)cc2)cc1. The zero-order valence-electron chi connectivity index (χ0n) is 19.3. The molecule has 3 rings (SSSR count). The van der Waals surface area contributed by atoms with Crippen LogP contribution in [-0.2, 0) is 19.3 Å². The molecule has 0 fully saturated rings. The molecule has 0 radical (unpaired) electrons. The van der Waals surface area contributed by atoms with Crippen molar-refractivity contribution >= 4 is 0 Å². The van der Waals surface area contributed by atoms with E-state index in [9.17, 15) is 0 Å². The first-order valence-corrected chi connectivity index (χ1v) is 12.0. The Morgan fingerprint density at radius 3 is 1.81 bits per heavy atom. The van der Waals surface area contributed by atoms with Gasteiger partial charge in [0.1, 0.15) is 5.75 Å². The van der Waals surface area contributed by atoms with Gasteiger partial charge in [0.25, 0.3) is 0 Å². The fourth-order valence-electron chi connectivity index (χ4n) is 3.79. The van der Waals surface area contributed by atoms with E-state index in [1.54, 1.807) is 0 Å². The number of nitrogens with zero attached hydrogens (tertiary/aromatic N) is 1. The zero-order chi connectivity index (χ0) is 21.7. The lowest BCUT2D eigenvalue weighted by Crippen LogP contribution is -1.95. The summed E-state index contributed by atoms with van der Waals surface area (Å²) in [7, 11) is 0. The number of hydrogen-bond donors (Lipinski definition) is 0. The molecule has 0 bridgehead atoms. The molecule has 0 aliphatic carbocycles. The molecular weight excluding hydrogens is 378 g/mol. The first-order chi connectivity index (χ1) is 15.3. The van der Waals surface area contributed by atoms with Gasteiger partial charge in [-0.1, -0.05) is 88.1 Å². The van der Waals surface area contributed by atoms with Crippen LogP contribution in [0.5, 0.6) is 5.75 Å². The molecule has 0 spiro atoms. The minimum absolute atomic E-state index is 0.734. The summed E-state index contributed by atoms with van der Waals surface area (Å²) in [6, 6.07) is 22.1. The Morgan fingerprint density at radius 1 is 0.613 bits per heavy atom. The van der Waals surface area contributed by atoms with E-state index >= 15 is 0 Å².